The van der Waals surface area contributed by atoms with Crippen molar-refractivity contribution in [3.8, 4) is 6.07 Å². The molecule has 0 amide bonds. The Balaban J connectivity index is 3.14. The molecule has 0 aromatic rings. The van der Waals surface area contributed by atoms with Crippen LogP contribution in [0.5, 0.6) is 0 Å². The van der Waals surface area contributed by atoms with Crippen molar-refractivity contribution in [3.63, 3.8) is 0 Å². The number of allylic oxidation sites excluding steroid dienone is 4. The van der Waals surface area contributed by atoms with Crippen molar-refractivity contribution in [1.82, 2.24) is 0 Å². The minimum absolute atomic E-state index is 0.976. The number of unbranched alkanes of at least 4 members (excludes halogenated alkanes) is 1. The minimum atomic E-state index is 0.976. The van der Waals surface area contributed by atoms with Crippen LogP contribution in [0, 0.1) is 11.3 Å². The monoisotopic (exact) mass is 135 g/mol. The van der Waals surface area contributed by atoms with Crippen molar-refractivity contribution in [2.75, 3.05) is 0 Å². The predicted octanol–water partition coefficient (Wildman–Crippen LogP) is 2.81. The van der Waals surface area contributed by atoms with Gasteiger partial charge < -0.3 is 0 Å². The quantitative estimate of drug-likeness (QED) is 0.330. The summed E-state index contributed by atoms with van der Waals surface area (Å²) in [4.78, 5) is 0. The Bertz CT molecular complexity index is 149. The van der Waals surface area contributed by atoms with Gasteiger partial charge in [0.05, 0.1) is 6.07 Å². The van der Waals surface area contributed by atoms with Crippen LogP contribution in [0.25, 0.3) is 0 Å². The zero-order valence-electron chi connectivity index (χ0n) is 6.38. The number of nitriles is 1. The Morgan fingerprint density at radius 1 is 1.20 bits per heavy atom. The van der Waals surface area contributed by atoms with Crippen molar-refractivity contribution >= 4 is 0 Å². The third kappa shape index (κ3) is 6.97. The van der Waals surface area contributed by atoms with Gasteiger partial charge in [-0.2, -0.15) is 5.26 Å². The van der Waals surface area contributed by atoms with E-state index in [2.05, 4.69) is 19.1 Å². The normalized spacial score (nSPS) is 10.8. The number of rotatable bonds is 4. The van der Waals surface area contributed by atoms with E-state index in [1.165, 1.54) is 6.08 Å². The number of hydrogen-bond acceptors (Lipinski definition) is 1. The molecule has 0 aliphatic heterocycles. The van der Waals surface area contributed by atoms with E-state index in [-0.39, 0.29) is 0 Å². The molecule has 0 aromatic heterocycles. The molecule has 0 aliphatic rings. The van der Waals surface area contributed by atoms with Gasteiger partial charge in [-0.15, -0.1) is 0 Å². The molecule has 1 nitrogen and oxygen atoms in total. The van der Waals surface area contributed by atoms with E-state index < -0.39 is 0 Å². The van der Waals surface area contributed by atoms with Crippen LogP contribution in [0.15, 0.2) is 24.3 Å². The average molecular weight is 135 g/mol. The fourth-order valence-electron chi connectivity index (χ4n) is 0.613. The Morgan fingerprint density at radius 2 is 1.90 bits per heavy atom. The second kappa shape index (κ2) is 7.97. The molecule has 1 heteroatoms. The highest BCUT2D eigenvalue weighted by Gasteiger charge is 1.73. The molecule has 0 N–H and O–H groups in total. The van der Waals surface area contributed by atoms with Crippen molar-refractivity contribution in [3.05, 3.63) is 24.3 Å². The van der Waals surface area contributed by atoms with Gasteiger partial charge >= 0.3 is 0 Å². The zero-order valence-corrected chi connectivity index (χ0v) is 6.38. The standard InChI is InChI=1S/C9H13N/c1-2-3-4-5-6-7-8-9-10/h3-4,7-8H,2,5-6H2,1H3/b4-3+,8-7+. The fourth-order valence-corrected chi connectivity index (χ4v) is 0.613. The first kappa shape index (κ1) is 8.97. The lowest BCUT2D eigenvalue weighted by Crippen LogP contribution is -1.63. The van der Waals surface area contributed by atoms with Crippen LogP contribution >= 0.6 is 0 Å². The molecule has 0 fully saturated rings. The van der Waals surface area contributed by atoms with E-state index in [4.69, 9.17) is 5.26 Å². The molecule has 10 heavy (non-hydrogen) atoms. The topological polar surface area (TPSA) is 23.8 Å². The second-order valence-electron chi connectivity index (χ2n) is 1.99. The van der Waals surface area contributed by atoms with E-state index in [9.17, 15) is 0 Å². The molecule has 0 unspecified atom stereocenters. The van der Waals surface area contributed by atoms with Crippen molar-refractivity contribution < 1.29 is 0 Å². The number of nitrogens with zero attached hydrogens (tertiary/aromatic N) is 1. The predicted molar refractivity (Wildman–Crippen MR) is 43.4 cm³/mol. The second-order valence-corrected chi connectivity index (χ2v) is 1.99. The summed E-state index contributed by atoms with van der Waals surface area (Å²) in [6, 6.07) is 1.95. The van der Waals surface area contributed by atoms with Crippen LogP contribution in [0.4, 0.5) is 0 Å². The molecule has 0 saturated heterocycles. The Kier molecular flexibility index (Phi) is 7.15. The first-order chi connectivity index (χ1) is 4.91. The molecule has 0 atom stereocenters. The van der Waals surface area contributed by atoms with Crippen molar-refractivity contribution in [1.29, 1.82) is 5.26 Å². The summed E-state index contributed by atoms with van der Waals surface area (Å²) in [6.07, 6.45) is 10.8. The summed E-state index contributed by atoms with van der Waals surface area (Å²) >= 11 is 0. The molecule has 54 valence electrons. The summed E-state index contributed by atoms with van der Waals surface area (Å²) in [5.74, 6) is 0. The van der Waals surface area contributed by atoms with E-state index >= 15 is 0 Å². The summed E-state index contributed by atoms with van der Waals surface area (Å²) in [5, 5.41) is 8.11. The highest BCUT2D eigenvalue weighted by Crippen LogP contribution is 1.93. The van der Waals surface area contributed by atoms with Gasteiger partial charge in [-0.3, -0.25) is 0 Å². The van der Waals surface area contributed by atoms with Crippen LogP contribution in [-0.2, 0) is 0 Å². The SMILES string of the molecule is CC/C=C/CC/C=C/C#N. The van der Waals surface area contributed by atoms with Crippen molar-refractivity contribution in [2.45, 2.75) is 26.2 Å². The molecule has 0 aliphatic carbocycles. The largest absolute Gasteiger partial charge is 0.193 e. The average Bonchev–Trinajstić information content (AvgIpc) is 1.97. The first-order valence-corrected chi connectivity index (χ1v) is 3.61. The van der Waals surface area contributed by atoms with E-state index in [1.54, 1.807) is 0 Å². The first-order valence-electron chi connectivity index (χ1n) is 3.61. The van der Waals surface area contributed by atoms with Gasteiger partial charge in [0.1, 0.15) is 0 Å². The molecule has 0 saturated carbocycles. The molecule has 0 aromatic carbocycles. The van der Waals surface area contributed by atoms with Crippen LogP contribution in [-0.4, -0.2) is 0 Å². The summed E-state index contributed by atoms with van der Waals surface area (Å²) in [6.45, 7) is 2.11. The summed E-state index contributed by atoms with van der Waals surface area (Å²) < 4.78 is 0. The summed E-state index contributed by atoms with van der Waals surface area (Å²) in [7, 11) is 0. The van der Waals surface area contributed by atoms with Crippen LogP contribution < -0.4 is 0 Å². The van der Waals surface area contributed by atoms with E-state index in [1.807, 2.05) is 12.1 Å². The molecule has 0 rings (SSSR count). The van der Waals surface area contributed by atoms with Gasteiger partial charge in [0, 0.05) is 6.08 Å². The minimum Gasteiger partial charge on any atom is -0.193 e. The maximum atomic E-state index is 8.11. The van der Waals surface area contributed by atoms with Crippen LogP contribution in [0.3, 0.4) is 0 Å². The Morgan fingerprint density at radius 3 is 2.50 bits per heavy atom. The third-order valence-corrected chi connectivity index (χ3v) is 1.09. The maximum Gasteiger partial charge on any atom is 0.0908 e. The van der Waals surface area contributed by atoms with E-state index in [0.717, 1.165) is 19.3 Å². The Labute approximate surface area is 62.7 Å². The highest BCUT2D eigenvalue weighted by molar-refractivity contribution is 5.02. The molecule has 0 radical (unpaired) electrons. The lowest BCUT2D eigenvalue weighted by atomic mass is 10.2. The van der Waals surface area contributed by atoms with Crippen LogP contribution in [0.2, 0.25) is 0 Å². The summed E-state index contributed by atoms with van der Waals surface area (Å²) in [5.41, 5.74) is 0. The van der Waals surface area contributed by atoms with Gasteiger partial charge in [0.15, 0.2) is 0 Å². The molecule has 0 heterocycles. The molecular weight excluding hydrogens is 122 g/mol. The lowest BCUT2D eigenvalue weighted by molar-refractivity contribution is 1.04. The van der Waals surface area contributed by atoms with Gasteiger partial charge in [-0.25, -0.2) is 0 Å². The van der Waals surface area contributed by atoms with Gasteiger partial charge in [-0.05, 0) is 19.3 Å². The van der Waals surface area contributed by atoms with Gasteiger partial charge in [0.2, 0.25) is 0 Å². The zero-order chi connectivity index (χ0) is 7.66. The fraction of sp³-hybridized carbons (Fsp3) is 0.444. The van der Waals surface area contributed by atoms with Crippen molar-refractivity contribution in [2.24, 2.45) is 0 Å². The third-order valence-electron chi connectivity index (χ3n) is 1.09. The smallest absolute Gasteiger partial charge is 0.0908 e. The van der Waals surface area contributed by atoms with Gasteiger partial charge in [0.25, 0.3) is 0 Å². The van der Waals surface area contributed by atoms with Gasteiger partial charge in [-0.1, -0.05) is 25.2 Å². The maximum absolute atomic E-state index is 8.11. The van der Waals surface area contributed by atoms with Crippen LogP contribution in [0.1, 0.15) is 26.2 Å². The Hall–Kier alpha value is -1.03. The van der Waals surface area contributed by atoms with E-state index in [0.29, 0.717) is 0 Å². The molecule has 0 bridgehead atoms. The highest BCUT2D eigenvalue weighted by atomic mass is 14.2. The molecular formula is C9H13N. The number of hydrogen-bond donors (Lipinski definition) is 0. The molecule has 0 spiro atoms. The lowest BCUT2D eigenvalue weighted by Gasteiger charge is -1.82.